The van der Waals surface area contributed by atoms with Crippen LogP contribution in [0.1, 0.15) is 28.5 Å². The summed E-state index contributed by atoms with van der Waals surface area (Å²) in [6, 6.07) is 9.54. The Labute approximate surface area is 194 Å². The number of ether oxygens (including phenoxy) is 1. The number of carbonyl (C=O) groups excluding carboxylic acids is 1. The third kappa shape index (κ3) is 4.34. The number of hydrogen-bond acceptors (Lipinski definition) is 4. The Bertz CT molecular complexity index is 1360. The highest BCUT2D eigenvalue weighted by atomic mass is 35.5. The van der Waals surface area contributed by atoms with Crippen LogP contribution in [0.25, 0.3) is 22.0 Å². The van der Waals surface area contributed by atoms with E-state index < -0.39 is 11.7 Å². The van der Waals surface area contributed by atoms with Gasteiger partial charge < -0.3 is 9.64 Å². The average molecular weight is 470 g/mol. The van der Waals surface area contributed by atoms with Crippen molar-refractivity contribution in [2.45, 2.75) is 20.4 Å². The summed E-state index contributed by atoms with van der Waals surface area (Å²) in [7, 11) is 1.61. The van der Waals surface area contributed by atoms with Gasteiger partial charge in [-0.15, -0.1) is 0 Å². The Morgan fingerprint density at radius 2 is 2.12 bits per heavy atom. The summed E-state index contributed by atoms with van der Waals surface area (Å²) < 4.78 is 21.9. The van der Waals surface area contributed by atoms with Crippen molar-refractivity contribution >= 4 is 28.4 Å². The number of aromatic nitrogens is 3. The van der Waals surface area contributed by atoms with Crippen molar-refractivity contribution in [3.63, 3.8) is 0 Å². The highest BCUT2D eigenvalue weighted by molar-refractivity contribution is 6.30. The van der Waals surface area contributed by atoms with Gasteiger partial charge in [0.2, 0.25) is 11.9 Å². The predicted molar refractivity (Wildman–Crippen MR) is 122 cm³/mol. The molecule has 2 heterocycles. The van der Waals surface area contributed by atoms with E-state index in [1.54, 1.807) is 51.4 Å². The van der Waals surface area contributed by atoms with E-state index in [1.165, 1.54) is 23.2 Å². The largest absolute Gasteiger partial charge is 0.493 e. The predicted octanol–water partition coefficient (Wildman–Crippen LogP) is 4.53. The monoisotopic (exact) mass is 469 g/mol. The van der Waals surface area contributed by atoms with E-state index in [0.29, 0.717) is 28.5 Å². The van der Waals surface area contributed by atoms with Gasteiger partial charge in [0.15, 0.2) is 0 Å². The Hall–Kier alpha value is -3.65. The van der Waals surface area contributed by atoms with Crippen LogP contribution in [0.15, 0.2) is 48.8 Å². The van der Waals surface area contributed by atoms with Crippen LogP contribution in [0, 0.1) is 12.7 Å². The molecule has 0 aliphatic carbocycles. The molecule has 33 heavy (non-hydrogen) atoms. The molecule has 2 N–H and O–H groups in total. The number of fused-ring (bicyclic) bond motifs is 1. The van der Waals surface area contributed by atoms with E-state index in [1.807, 2.05) is 0 Å². The fourth-order valence-electron chi connectivity index (χ4n) is 3.80. The second kappa shape index (κ2) is 9.07. The fourth-order valence-corrected chi connectivity index (χ4v) is 3.99. The van der Waals surface area contributed by atoms with Crippen molar-refractivity contribution < 1.29 is 23.9 Å². The summed E-state index contributed by atoms with van der Waals surface area (Å²) in [5.74, 6) is -0.722. The zero-order chi connectivity index (χ0) is 23.7. The van der Waals surface area contributed by atoms with Gasteiger partial charge in [-0.3, -0.25) is 15.1 Å². The number of rotatable bonds is 6. The maximum atomic E-state index is 15.2. The summed E-state index contributed by atoms with van der Waals surface area (Å²) in [6.07, 6.45) is 3.13. The number of benzene rings is 2. The lowest BCUT2D eigenvalue weighted by Gasteiger charge is -2.19. The minimum atomic E-state index is -0.584. The van der Waals surface area contributed by atoms with Crippen LogP contribution < -0.4 is 9.47 Å². The summed E-state index contributed by atoms with van der Waals surface area (Å²) >= 11 is 6.08. The summed E-state index contributed by atoms with van der Waals surface area (Å²) in [5.41, 5.74) is 2.95. The lowest BCUT2D eigenvalue weighted by atomic mass is 10.0. The highest BCUT2D eigenvalue weighted by Crippen LogP contribution is 2.35. The Morgan fingerprint density at radius 1 is 1.33 bits per heavy atom. The average Bonchev–Trinajstić information content (AvgIpc) is 3.27. The van der Waals surface area contributed by atoms with Crippen LogP contribution in [0.5, 0.6) is 5.75 Å². The summed E-state index contributed by atoms with van der Waals surface area (Å²) in [4.78, 5) is 14.6. The first kappa shape index (κ1) is 22.5. The number of carbonyl (C=O) groups is 1. The number of halogens is 2. The molecule has 2 aromatic heterocycles. The van der Waals surface area contributed by atoms with Crippen LogP contribution in [0.3, 0.4) is 0 Å². The molecule has 170 valence electrons. The van der Waals surface area contributed by atoms with E-state index in [9.17, 15) is 10.0 Å². The number of amides is 1. The molecule has 2 aromatic carbocycles. The van der Waals surface area contributed by atoms with Gasteiger partial charge in [-0.25, -0.2) is 4.39 Å². The van der Waals surface area contributed by atoms with E-state index in [4.69, 9.17) is 16.3 Å². The fraction of sp³-hybridized carbons (Fsp3) is 0.208. The normalized spacial score (nSPS) is 11.1. The lowest BCUT2D eigenvalue weighted by molar-refractivity contribution is -0.908. The van der Waals surface area contributed by atoms with E-state index in [-0.39, 0.29) is 23.4 Å². The van der Waals surface area contributed by atoms with Crippen molar-refractivity contribution in [2.75, 3.05) is 13.7 Å². The van der Waals surface area contributed by atoms with E-state index in [2.05, 4.69) is 10.2 Å². The zero-order valence-corrected chi connectivity index (χ0v) is 19.2. The van der Waals surface area contributed by atoms with Crippen LogP contribution >= 0.6 is 11.6 Å². The molecule has 0 aliphatic heterocycles. The van der Waals surface area contributed by atoms with Gasteiger partial charge in [-0.1, -0.05) is 23.7 Å². The molecule has 7 nitrogen and oxygen atoms in total. The second-order valence-electron chi connectivity index (χ2n) is 7.68. The molecule has 9 heteroatoms. The first-order valence-electron chi connectivity index (χ1n) is 10.3. The molecule has 0 spiro atoms. The van der Waals surface area contributed by atoms with E-state index in [0.717, 1.165) is 15.6 Å². The Kier molecular flexibility index (Phi) is 6.20. The highest BCUT2D eigenvalue weighted by Gasteiger charge is 2.23. The third-order valence-electron chi connectivity index (χ3n) is 5.44. The van der Waals surface area contributed by atoms with Crippen LogP contribution in [-0.2, 0) is 6.54 Å². The van der Waals surface area contributed by atoms with Crippen LogP contribution in [0.2, 0.25) is 5.02 Å². The van der Waals surface area contributed by atoms with Crippen molar-refractivity contribution in [3.8, 4) is 16.9 Å². The standard InChI is InChI=1S/C24H22ClFN4O3/c1-4-33-21-10-16(9-20(26)22(21)15-6-5-7-18(25)8-15)24(31)29(3)12-17-13-30(32)14(2)19-11-27-28-23(17)19/h5-11,13,32H,4,12H2,1-3H3/p+1. The Morgan fingerprint density at radius 3 is 2.85 bits per heavy atom. The maximum absolute atomic E-state index is 15.2. The van der Waals surface area contributed by atoms with Crippen molar-refractivity contribution in [1.29, 1.82) is 0 Å². The van der Waals surface area contributed by atoms with Gasteiger partial charge in [-0.2, -0.15) is 5.10 Å². The minimum Gasteiger partial charge on any atom is -0.493 e. The number of aryl methyl sites for hydroxylation is 1. The number of aromatic amines is 1. The topological polar surface area (TPSA) is 82.3 Å². The minimum absolute atomic E-state index is 0.147. The summed E-state index contributed by atoms with van der Waals surface area (Å²) in [6.45, 7) is 4.02. The number of H-pyrrole nitrogens is 1. The molecular formula is C24H23ClFN4O3+. The number of pyridine rings is 1. The second-order valence-corrected chi connectivity index (χ2v) is 8.12. The first-order chi connectivity index (χ1) is 15.8. The SMILES string of the molecule is CCOc1cc(C(=O)N(C)Cc2c[n+](O)c(C)c3cn[nH]c23)cc(F)c1-c1cccc(Cl)c1. The quantitative estimate of drug-likeness (QED) is 0.321. The van der Waals surface area contributed by atoms with Crippen LogP contribution in [-0.4, -0.2) is 39.9 Å². The van der Waals surface area contributed by atoms with Gasteiger partial charge in [0.25, 0.3) is 5.91 Å². The smallest absolute Gasteiger partial charge is 0.254 e. The van der Waals surface area contributed by atoms with Crippen LogP contribution in [0.4, 0.5) is 4.39 Å². The van der Waals surface area contributed by atoms with Crippen molar-refractivity contribution in [2.24, 2.45) is 0 Å². The van der Waals surface area contributed by atoms with Crippen molar-refractivity contribution in [3.05, 3.63) is 76.5 Å². The zero-order valence-electron chi connectivity index (χ0n) is 18.4. The number of nitrogens with one attached hydrogen (secondary N) is 1. The molecule has 4 rings (SSSR count). The first-order valence-corrected chi connectivity index (χ1v) is 10.7. The number of hydrogen-bond donors (Lipinski definition) is 2. The molecule has 0 bridgehead atoms. The molecule has 0 aliphatic rings. The number of nitrogens with zero attached hydrogens (tertiary/aromatic N) is 3. The molecule has 0 fully saturated rings. The van der Waals surface area contributed by atoms with Gasteiger partial charge in [0.1, 0.15) is 11.6 Å². The van der Waals surface area contributed by atoms with Gasteiger partial charge in [0, 0.05) is 29.3 Å². The summed E-state index contributed by atoms with van der Waals surface area (Å²) in [5, 5.41) is 18.3. The molecule has 1 amide bonds. The van der Waals surface area contributed by atoms with Gasteiger partial charge in [-0.05, 0) is 36.8 Å². The van der Waals surface area contributed by atoms with Gasteiger partial charge >= 0.3 is 0 Å². The lowest BCUT2D eigenvalue weighted by Crippen LogP contribution is -2.35. The Balaban J connectivity index is 1.68. The molecule has 0 saturated heterocycles. The van der Waals surface area contributed by atoms with E-state index >= 15 is 4.39 Å². The molecule has 0 radical (unpaired) electrons. The maximum Gasteiger partial charge on any atom is 0.254 e. The molecule has 4 aromatic rings. The molecule has 0 saturated carbocycles. The third-order valence-corrected chi connectivity index (χ3v) is 5.68. The molecule has 0 atom stereocenters. The molecule has 0 unspecified atom stereocenters. The van der Waals surface area contributed by atoms with Gasteiger partial charge in [0.05, 0.1) is 41.4 Å². The molecular weight excluding hydrogens is 447 g/mol. The van der Waals surface area contributed by atoms with Crippen molar-refractivity contribution in [1.82, 2.24) is 15.1 Å².